The Morgan fingerprint density at radius 2 is 1.02 bits per heavy atom. The van der Waals surface area contributed by atoms with Gasteiger partial charge in [0.15, 0.2) is 23.8 Å². The molecule has 45 heavy (non-hydrogen) atoms. The quantitative estimate of drug-likeness (QED) is 0.428. The van der Waals surface area contributed by atoms with E-state index in [4.69, 9.17) is 38.5 Å². The van der Waals surface area contributed by atoms with E-state index in [0.717, 1.165) is 51.4 Å². The minimum atomic E-state index is -0.873. The number of imide groups is 1. The molecule has 10 fully saturated rings. The molecule has 2 aliphatic carbocycles. The summed E-state index contributed by atoms with van der Waals surface area (Å²) in [4.78, 5) is 51.0. The Morgan fingerprint density at radius 3 is 1.44 bits per heavy atom. The maximum atomic E-state index is 13.4. The Hall–Kier alpha value is -1.18. The number of amides is 2. The fourth-order valence-electron chi connectivity index (χ4n) is 11.0. The number of fused-ring (bicyclic) bond motifs is 4. The summed E-state index contributed by atoms with van der Waals surface area (Å²) in [5, 5.41) is 2.66. The van der Waals surface area contributed by atoms with Crippen molar-refractivity contribution in [3.8, 4) is 0 Å². The maximum Gasteiger partial charge on any atom is 0.229 e. The number of hydrogen-bond donors (Lipinski definition) is 1. The van der Waals surface area contributed by atoms with Crippen LogP contribution in [-0.4, -0.2) is 59.4 Å². The predicted molar refractivity (Wildman–Crippen MR) is 156 cm³/mol. The first kappa shape index (κ1) is 31.1. The van der Waals surface area contributed by atoms with Crippen molar-refractivity contribution in [2.75, 3.05) is 0 Å². The Labute approximate surface area is 265 Å². The van der Waals surface area contributed by atoms with Crippen LogP contribution >= 0.6 is 0 Å². The normalized spacial score (nSPS) is 56.4. The molecule has 8 aliphatic heterocycles. The van der Waals surface area contributed by atoms with Crippen LogP contribution < -0.4 is 5.32 Å². The largest absolute Gasteiger partial charge is 0.345 e. The van der Waals surface area contributed by atoms with Gasteiger partial charge in [-0.05, 0) is 87.9 Å². The van der Waals surface area contributed by atoms with Crippen LogP contribution in [0.15, 0.2) is 0 Å². The SMILES string of the molecule is C[C@H]1[C@@H](CC(=O)NC(=O)C[C@H]2O[C@@H]3O[C@@]4(C)CC[C@H]5[C@H](C)CC[C@@H]([C@H]2C)[C@@]35OO4)O[C@@H]2O[C@@]3(C)CC[C@H]4[C@H](C)CC[C@@H]1[C@@]24OO3. The highest BCUT2D eigenvalue weighted by Gasteiger charge is 2.71. The van der Waals surface area contributed by atoms with E-state index < -0.39 is 47.6 Å². The highest BCUT2D eigenvalue weighted by molar-refractivity contribution is 5.95. The van der Waals surface area contributed by atoms with Gasteiger partial charge in [0.2, 0.25) is 23.4 Å². The molecule has 8 heterocycles. The lowest BCUT2D eigenvalue weighted by atomic mass is 9.57. The van der Waals surface area contributed by atoms with Crippen LogP contribution in [-0.2, 0) is 48.1 Å². The number of rotatable bonds is 4. The van der Waals surface area contributed by atoms with Crippen molar-refractivity contribution in [2.24, 2.45) is 47.3 Å². The zero-order valence-corrected chi connectivity index (χ0v) is 27.6. The number of nitrogens with one attached hydrogen (secondary N) is 1. The van der Waals surface area contributed by atoms with Gasteiger partial charge in [0.1, 0.15) is 0 Å². The Kier molecular flexibility index (Phi) is 7.37. The standard InChI is InChI=1S/C34H51NO10/c1-17-7-9-23-19(3)25(38-29-33(23)21(17)11-13-31(5,40-29)42-44-33)15-27(36)35-28(37)16-26-20(4)24-10-8-18(2)22-12-14-32(6)41-30(39-26)34(22,24)45-43-32/h17-26,29-30H,7-16H2,1-6H3,(H,35,36,37)/t17-,18-,19-,20-,21+,22+,23+,24+,25-,26-,29-,30-,31-,32-,33-,34-/m1/s1. The molecule has 2 saturated carbocycles. The van der Waals surface area contributed by atoms with Gasteiger partial charge in [0, 0.05) is 24.7 Å². The van der Waals surface area contributed by atoms with Crippen molar-refractivity contribution < 1.29 is 48.1 Å². The van der Waals surface area contributed by atoms with Crippen LogP contribution in [0.5, 0.6) is 0 Å². The van der Waals surface area contributed by atoms with Gasteiger partial charge in [-0.2, -0.15) is 0 Å². The molecular weight excluding hydrogens is 582 g/mol. The molecule has 16 atom stereocenters. The molecule has 10 aliphatic rings. The molecule has 2 spiro atoms. The third kappa shape index (κ3) is 4.58. The molecule has 8 saturated heterocycles. The van der Waals surface area contributed by atoms with E-state index in [1.165, 1.54) is 0 Å². The molecule has 10 rings (SSSR count). The van der Waals surface area contributed by atoms with Crippen LogP contribution in [0, 0.1) is 47.3 Å². The first-order valence-electron chi connectivity index (χ1n) is 17.6. The van der Waals surface area contributed by atoms with Crippen molar-refractivity contribution in [1.29, 1.82) is 0 Å². The van der Waals surface area contributed by atoms with E-state index in [9.17, 15) is 9.59 Å². The van der Waals surface area contributed by atoms with Crippen LogP contribution in [0.3, 0.4) is 0 Å². The Bertz CT molecular complexity index is 1130. The topological polar surface area (TPSA) is 120 Å². The second-order valence-electron chi connectivity index (χ2n) is 16.3. The average molecular weight is 634 g/mol. The summed E-state index contributed by atoms with van der Waals surface area (Å²) in [6.07, 6.45) is 5.56. The van der Waals surface area contributed by atoms with Crippen LogP contribution in [0.4, 0.5) is 0 Å². The molecule has 0 aromatic heterocycles. The molecule has 4 bridgehead atoms. The third-order valence-corrected chi connectivity index (χ3v) is 13.6. The van der Waals surface area contributed by atoms with Gasteiger partial charge in [0.05, 0.1) is 25.0 Å². The van der Waals surface area contributed by atoms with E-state index in [1.807, 2.05) is 13.8 Å². The fourth-order valence-corrected chi connectivity index (χ4v) is 11.0. The lowest BCUT2D eigenvalue weighted by Crippen LogP contribution is -2.70. The van der Waals surface area contributed by atoms with Gasteiger partial charge in [-0.25, -0.2) is 19.6 Å². The summed E-state index contributed by atoms with van der Waals surface area (Å²) in [5.41, 5.74) is -1.36. The molecule has 11 nitrogen and oxygen atoms in total. The van der Waals surface area contributed by atoms with Crippen molar-refractivity contribution in [2.45, 2.75) is 153 Å². The molecule has 0 unspecified atom stereocenters. The Morgan fingerprint density at radius 1 is 0.600 bits per heavy atom. The molecule has 252 valence electrons. The summed E-state index contributed by atoms with van der Waals surface area (Å²) in [6, 6.07) is 0. The van der Waals surface area contributed by atoms with Crippen molar-refractivity contribution in [1.82, 2.24) is 5.32 Å². The van der Waals surface area contributed by atoms with E-state index in [1.54, 1.807) is 0 Å². The van der Waals surface area contributed by atoms with Crippen molar-refractivity contribution in [3.05, 3.63) is 0 Å². The molecule has 0 radical (unpaired) electrons. The minimum Gasteiger partial charge on any atom is -0.345 e. The molecule has 11 heteroatoms. The van der Waals surface area contributed by atoms with E-state index in [2.05, 4.69) is 33.0 Å². The molecule has 0 aromatic rings. The van der Waals surface area contributed by atoms with Gasteiger partial charge in [-0.1, -0.05) is 27.7 Å². The zero-order valence-electron chi connectivity index (χ0n) is 27.6. The second-order valence-corrected chi connectivity index (χ2v) is 16.3. The summed E-state index contributed by atoms with van der Waals surface area (Å²) >= 11 is 0. The summed E-state index contributed by atoms with van der Waals surface area (Å²) in [7, 11) is 0. The predicted octanol–water partition coefficient (Wildman–Crippen LogP) is 4.91. The van der Waals surface area contributed by atoms with Crippen LogP contribution in [0.2, 0.25) is 0 Å². The van der Waals surface area contributed by atoms with E-state index in [-0.39, 0.29) is 60.2 Å². The fraction of sp³-hybridized carbons (Fsp3) is 0.941. The average Bonchev–Trinajstić information content (AvgIpc) is 3.36. The zero-order chi connectivity index (χ0) is 31.5. The second kappa shape index (κ2) is 10.7. The van der Waals surface area contributed by atoms with Crippen LogP contribution in [0.1, 0.15) is 106 Å². The van der Waals surface area contributed by atoms with Crippen molar-refractivity contribution >= 4 is 11.8 Å². The molecular formula is C34H51NO10. The summed E-state index contributed by atoms with van der Waals surface area (Å²) in [6.45, 7) is 12.6. The highest BCUT2D eigenvalue weighted by Crippen LogP contribution is 2.62. The lowest BCUT2D eigenvalue weighted by Gasteiger charge is -2.60. The summed E-state index contributed by atoms with van der Waals surface area (Å²) < 4.78 is 26.0. The van der Waals surface area contributed by atoms with Gasteiger partial charge < -0.3 is 18.9 Å². The number of hydrogen-bond acceptors (Lipinski definition) is 10. The molecule has 2 amide bonds. The van der Waals surface area contributed by atoms with Gasteiger partial charge in [0.25, 0.3) is 0 Å². The van der Waals surface area contributed by atoms with Gasteiger partial charge >= 0.3 is 0 Å². The number of ether oxygens (including phenoxy) is 4. The van der Waals surface area contributed by atoms with Gasteiger partial charge in [-0.15, -0.1) is 0 Å². The first-order chi connectivity index (χ1) is 21.4. The lowest BCUT2D eigenvalue weighted by molar-refractivity contribution is -0.571. The molecule has 0 aromatic carbocycles. The monoisotopic (exact) mass is 633 g/mol. The maximum absolute atomic E-state index is 13.4. The van der Waals surface area contributed by atoms with Crippen LogP contribution in [0.25, 0.3) is 0 Å². The minimum absolute atomic E-state index is 0.0256. The molecule has 1 N–H and O–H groups in total. The van der Waals surface area contributed by atoms with Gasteiger partial charge in [-0.3, -0.25) is 14.9 Å². The third-order valence-electron chi connectivity index (χ3n) is 13.6. The smallest absolute Gasteiger partial charge is 0.229 e. The first-order valence-corrected chi connectivity index (χ1v) is 17.6. The number of carbonyl (C=O) groups excluding carboxylic acids is 2. The van der Waals surface area contributed by atoms with E-state index in [0.29, 0.717) is 11.8 Å². The number of carbonyl (C=O) groups is 2. The highest BCUT2D eigenvalue weighted by atomic mass is 17.3. The van der Waals surface area contributed by atoms with E-state index >= 15 is 0 Å². The summed E-state index contributed by atoms with van der Waals surface area (Å²) in [5.74, 6) is -0.692. The Balaban J connectivity index is 0.940. The van der Waals surface area contributed by atoms with Crippen molar-refractivity contribution in [3.63, 3.8) is 0 Å².